The van der Waals surface area contributed by atoms with Crippen molar-refractivity contribution in [2.24, 2.45) is 5.41 Å². The summed E-state index contributed by atoms with van der Waals surface area (Å²) in [5.41, 5.74) is 0.933. The zero-order valence-corrected chi connectivity index (χ0v) is 11.4. The van der Waals surface area contributed by atoms with Gasteiger partial charge < -0.3 is 0 Å². The van der Waals surface area contributed by atoms with E-state index in [0.29, 0.717) is 11.0 Å². The Morgan fingerprint density at radius 1 is 0.867 bits per heavy atom. The van der Waals surface area contributed by atoms with E-state index in [0.717, 1.165) is 0 Å². The molecule has 1 heteroatoms. The van der Waals surface area contributed by atoms with Crippen LogP contribution in [-0.4, -0.2) is 23.5 Å². The average molecular weight is 211 g/mol. The molecule has 0 aliphatic carbocycles. The molecule has 0 aromatic carbocycles. The second-order valence-electron chi connectivity index (χ2n) is 6.88. The Hall–Kier alpha value is -0.0400. The van der Waals surface area contributed by atoms with Crippen LogP contribution in [0.5, 0.6) is 0 Å². The van der Waals surface area contributed by atoms with E-state index in [-0.39, 0.29) is 0 Å². The molecule has 0 saturated carbocycles. The third kappa shape index (κ3) is 4.55. The first-order valence-corrected chi connectivity index (χ1v) is 6.56. The molecule has 0 aromatic heterocycles. The summed E-state index contributed by atoms with van der Waals surface area (Å²) in [4.78, 5) is 2.66. The highest BCUT2D eigenvalue weighted by atomic mass is 15.2. The van der Waals surface area contributed by atoms with Gasteiger partial charge in [-0.1, -0.05) is 20.3 Å². The van der Waals surface area contributed by atoms with Gasteiger partial charge in [0, 0.05) is 5.54 Å². The summed E-state index contributed by atoms with van der Waals surface area (Å²) in [7, 11) is 0. The molecule has 1 saturated heterocycles. The summed E-state index contributed by atoms with van der Waals surface area (Å²) < 4.78 is 0. The molecule has 1 fully saturated rings. The fourth-order valence-corrected chi connectivity index (χ4v) is 2.56. The maximum Gasteiger partial charge on any atom is 0.0125 e. The molecule has 1 nitrogen and oxygen atoms in total. The van der Waals surface area contributed by atoms with Crippen LogP contribution in [0.25, 0.3) is 0 Å². The highest BCUT2D eigenvalue weighted by Gasteiger charge is 2.24. The topological polar surface area (TPSA) is 3.24 Å². The van der Waals surface area contributed by atoms with E-state index in [1.807, 2.05) is 0 Å². The molecule has 0 spiro atoms. The molecule has 0 unspecified atom stereocenters. The van der Waals surface area contributed by atoms with Gasteiger partial charge in [0.2, 0.25) is 0 Å². The fraction of sp³-hybridized carbons (Fsp3) is 1.00. The van der Waals surface area contributed by atoms with Crippen molar-refractivity contribution in [3.05, 3.63) is 0 Å². The molecule has 1 aliphatic heterocycles. The highest BCUT2D eigenvalue weighted by Crippen LogP contribution is 2.31. The second-order valence-corrected chi connectivity index (χ2v) is 6.88. The van der Waals surface area contributed by atoms with Gasteiger partial charge in [-0.05, 0) is 65.0 Å². The van der Waals surface area contributed by atoms with Crippen molar-refractivity contribution in [2.75, 3.05) is 13.1 Å². The molecule has 15 heavy (non-hydrogen) atoms. The normalized spacial score (nSPS) is 25.4. The molecular weight excluding hydrogens is 182 g/mol. The van der Waals surface area contributed by atoms with Gasteiger partial charge in [0.25, 0.3) is 0 Å². The van der Waals surface area contributed by atoms with Crippen LogP contribution in [0.4, 0.5) is 0 Å². The molecule has 0 bridgehead atoms. The summed E-state index contributed by atoms with van der Waals surface area (Å²) in [5.74, 6) is 0. The van der Waals surface area contributed by atoms with Crippen molar-refractivity contribution >= 4 is 0 Å². The Balaban J connectivity index is 2.53. The van der Waals surface area contributed by atoms with Crippen molar-refractivity contribution in [1.29, 1.82) is 0 Å². The Bertz CT molecular complexity index is 188. The van der Waals surface area contributed by atoms with Crippen molar-refractivity contribution in [3.63, 3.8) is 0 Å². The SMILES string of the molecule is CC1(C)CCCCN(C(C)(C)C)CCC1. The molecule has 0 atom stereocenters. The van der Waals surface area contributed by atoms with Gasteiger partial charge in [-0.25, -0.2) is 0 Å². The van der Waals surface area contributed by atoms with Crippen molar-refractivity contribution in [1.82, 2.24) is 4.90 Å². The van der Waals surface area contributed by atoms with Gasteiger partial charge in [0.15, 0.2) is 0 Å². The maximum absolute atomic E-state index is 2.66. The number of nitrogens with zero attached hydrogens (tertiary/aromatic N) is 1. The quantitative estimate of drug-likeness (QED) is 0.583. The monoisotopic (exact) mass is 211 g/mol. The number of rotatable bonds is 0. The van der Waals surface area contributed by atoms with Gasteiger partial charge in [0.1, 0.15) is 0 Å². The molecule has 0 aromatic rings. The largest absolute Gasteiger partial charge is 0.298 e. The van der Waals surface area contributed by atoms with Crippen LogP contribution in [0.15, 0.2) is 0 Å². The minimum Gasteiger partial charge on any atom is -0.298 e. The predicted octanol–water partition coefficient (Wildman–Crippen LogP) is 4.08. The van der Waals surface area contributed by atoms with E-state index in [4.69, 9.17) is 0 Å². The van der Waals surface area contributed by atoms with Crippen molar-refractivity contribution < 1.29 is 0 Å². The van der Waals surface area contributed by atoms with Gasteiger partial charge in [-0.2, -0.15) is 0 Å². The standard InChI is InChI=1S/C14H29N/c1-13(2,3)15-11-7-6-9-14(4,5)10-8-12-15/h6-12H2,1-5H3. The maximum atomic E-state index is 2.66. The van der Waals surface area contributed by atoms with Gasteiger partial charge in [0.05, 0.1) is 0 Å². The lowest BCUT2D eigenvalue weighted by molar-refractivity contribution is 0.132. The summed E-state index contributed by atoms with van der Waals surface area (Å²) in [6, 6.07) is 0. The third-order valence-corrected chi connectivity index (χ3v) is 3.76. The van der Waals surface area contributed by atoms with Crippen LogP contribution in [0.3, 0.4) is 0 Å². The van der Waals surface area contributed by atoms with Crippen LogP contribution >= 0.6 is 0 Å². The second kappa shape index (κ2) is 4.86. The zero-order chi connectivity index (χ0) is 11.5. The lowest BCUT2D eigenvalue weighted by Gasteiger charge is -2.35. The lowest BCUT2D eigenvalue weighted by atomic mass is 9.83. The summed E-state index contributed by atoms with van der Waals surface area (Å²) in [6.07, 6.45) is 6.94. The minimum atomic E-state index is 0.356. The first kappa shape index (κ1) is 13.0. The van der Waals surface area contributed by atoms with Crippen LogP contribution in [0, 0.1) is 5.41 Å². The molecule has 1 rings (SSSR count). The predicted molar refractivity (Wildman–Crippen MR) is 68.2 cm³/mol. The van der Waals surface area contributed by atoms with Crippen LogP contribution in [0.2, 0.25) is 0 Å². The molecule has 90 valence electrons. The number of hydrogen-bond acceptors (Lipinski definition) is 1. The Labute approximate surface area is 96.2 Å². The van der Waals surface area contributed by atoms with Crippen LogP contribution in [-0.2, 0) is 0 Å². The molecule has 0 radical (unpaired) electrons. The first-order chi connectivity index (χ1) is 6.81. The number of hydrogen-bond donors (Lipinski definition) is 0. The van der Waals surface area contributed by atoms with E-state index in [9.17, 15) is 0 Å². The minimum absolute atomic E-state index is 0.356. The molecule has 1 aliphatic rings. The Morgan fingerprint density at radius 3 is 2.00 bits per heavy atom. The Morgan fingerprint density at radius 2 is 1.40 bits per heavy atom. The van der Waals surface area contributed by atoms with E-state index >= 15 is 0 Å². The van der Waals surface area contributed by atoms with E-state index in [2.05, 4.69) is 39.5 Å². The Kier molecular flexibility index (Phi) is 4.22. The third-order valence-electron chi connectivity index (χ3n) is 3.76. The molecule has 1 heterocycles. The first-order valence-electron chi connectivity index (χ1n) is 6.56. The highest BCUT2D eigenvalue weighted by molar-refractivity contribution is 4.79. The van der Waals surface area contributed by atoms with Crippen molar-refractivity contribution in [2.45, 2.75) is 72.3 Å². The average Bonchev–Trinajstić information content (AvgIpc) is 2.13. The molecule has 0 N–H and O–H groups in total. The molecule has 0 amide bonds. The fourth-order valence-electron chi connectivity index (χ4n) is 2.56. The molecular formula is C14H29N. The van der Waals surface area contributed by atoms with Crippen LogP contribution in [0.1, 0.15) is 66.7 Å². The summed E-state index contributed by atoms with van der Waals surface area (Å²) in [5, 5.41) is 0. The van der Waals surface area contributed by atoms with Gasteiger partial charge >= 0.3 is 0 Å². The van der Waals surface area contributed by atoms with E-state index < -0.39 is 0 Å². The summed E-state index contributed by atoms with van der Waals surface area (Å²) >= 11 is 0. The van der Waals surface area contributed by atoms with Crippen molar-refractivity contribution in [3.8, 4) is 0 Å². The van der Waals surface area contributed by atoms with Crippen LogP contribution < -0.4 is 0 Å². The van der Waals surface area contributed by atoms with Gasteiger partial charge in [-0.3, -0.25) is 4.90 Å². The van der Waals surface area contributed by atoms with E-state index in [1.165, 1.54) is 45.2 Å². The lowest BCUT2D eigenvalue weighted by Crippen LogP contribution is -2.42. The summed E-state index contributed by atoms with van der Waals surface area (Å²) in [6.45, 7) is 14.5. The zero-order valence-electron chi connectivity index (χ0n) is 11.4. The van der Waals surface area contributed by atoms with E-state index in [1.54, 1.807) is 0 Å². The smallest absolute Gasteiger partial charge is 0.0125 e. The van der Waals surface area contributed by atoms with Gasteiger partial charge in [-0.15, -0.1) is 0 Å².